The molecule has 0 heterocycles. The normalized spacial score (nSPS) is 12.4. The molecule has 0 amide bonds. The Hall–Kier alpha value is 0.960. The molecule has 0 rings (SSSR count). The molecule has 40 valence electrons. The van der Waals surface area contributed by atoms with Gasteiger partial charge in [0.25, 0.3) is 0 Å². The summed E-state index contributed by atoms with van der Waals surface area (Å²) in [4.78, 5) is 0. The van der Waals surface area contributed by atoms with Gasteiger partial charge in [0.2, 0.25) is 0 Å². The second-order valence-corrected chi connectivity index (χ2v) is 1.64. The Morgan fingerprint density at radius 3 is 2.00 bits per heavy atom. The number of hydrogen-bond donors (Lipinski definition) is 1. The second kappa shape index (κ2) is 6.96. The molecule has 0 unspecified atom stereocenters. The molecular formula is C5H13NaO. The van der Waals surface area contributed by atoms with E-state index in [1.807, 2.05) is 6.92 Å². The van der Waals surface area contributed by atoms with E-state index in [-0.39, 0.29) is 35.7 Å². The first-order valence-electron chi connectivity index (χ1n) is 2.45. The molecule has 0 saturated carbocycles. The fourth-order valence-corrected chi connectivity index (χ4v) is 0.418. The minimum absolute atomic E-state index is 0. The van der Waals surface area contributed by atoms with E-state index in [0.29, 0.717) is 0 Å². The first-order valence-corrected chi connectivity index (χ1v) is 2.45. The van der Waals surface area contributed by atoms with E-state index in [2.05, 4.69) is 6.92 Å². The van der Waals surface area contributed by atoms with E-state index in [9.17, 15) is 0 Å². The molecule has 0 aromatic heterocycles. The maximum absolute atomic E-state index is 8.55. The van der Waals surface area contributed by atoms with E-state index < -0.39 is 0 Å². The summed E-state index contributed by atoms with van der Waals surface area (Å²) in [5.74, 6) is 0. The van der Waals surface area contributed by atoms with Gasteiger partial charge in [-0.1, -0.05) is 13.3 Å². The maximum atomic E-state index is 8.55. The van der Waals surface area contributed by atoms with E-state index in [1.165, 1.54) is 0 Å². The molecule has 0 aromatic rings. The number of aliphatic hydroxyl groups excluding tert-OH is 1. The molecular weight excluding hydrogens is 99.0 g/mol. The molecule has 7 heavy (non-hydrogen) atoms. The van der Waals surface area contributed by atoms with Gasteiger partial charge in [-0.25, -0.2) is 0 Å². The van der Waals surface area contributed by atoms with Gasteiger partial charge in [-0.05, 0) is 13.3 Å². The van der Waals surface area contributed by atoms with Gasteiger partial charge in [-0.15, -0.1) is 0 Å². The van der Waals surface area contributed by atoms with E-state index >= 15 is 0 Å². The van der Waals surface area contributed by atoms with Crippen LogP contribution in [0.4, 0.5) is 0 Å². The van der Waals surface area contributed by atoms with Crippen LogP contribution in [0.5, 0.6) is 0 Å². The van der Waals surface area contributed by atoms with Crippen molar-refractivity contribution in [3.8, 4) is 0 Å². The summed E-state index contributed by atoms with van der Waals surface area (Å²) in [6.45, 7) is 3.87. The molecule has 0 aliphatic heterocycles. The van der Waals surface area contributed by atoms with Gasteiger partial charge >= 0.3 is 29.6 Å². The van der Waals surface area contributed by atoms with Crippen molar-refractivity contribution in [2.24, 2.45) is 0 Å². The Balaban J connectivity index is 0. The number of hydrogen-bond acceptors (Lipinski definition) is 1. The van der Waals surface area contributed by atoms with Gasteiger partial charge in [-0.3, -0.25) is 0 Å². The molecule has 1 atom stereocenters. The molecule has 0 bridgehead atoms. The van der Waals surface area contributed by atoms with Gasteiger partial charge in [0, 0.05) is 0 Å². The van der Waals surface area contributed by atoms with Gasteiger partial charge < -0.3 is 5.11 Å². The van der Waals surface area contributed by atoms with E-state index in [0.717, 1.165) is 12.8 Å². The molecule has 0 aliphatic carbocycles. The molecule has 0 spiro atoms. The van der Waals surface area contributed by atoms with Crippen molar-refractivity contribution in [3.05, 3.63) is 0 Å². The van der Waals surface area contributed by atoms with E-state index in [4.69, 9.17) is 5.11 Å². The Morgan fingerprint density at radius 1 is 1.57 bits per heavy atom. The van der Waals surface area contributed by atoms with Crippen LogP contribution in [0, 0.1) is 0 Å². The van der Waals surface area contributed by atoms with Crippen LogP contribution in [0.2, 0.25) is 0 Å². The van der Waals surface area contributed by atoms with Crippen molar-refractivity contribution in [1.29, 1.82) is 0 Å². The van der Waals surface area contributed by atoms with Crippen molar-refractivity contribution >= 4 is 29.6 Å². The van der Waals surface area contributed by atoms with Crippen molar-refractivity contribution in [1.82, 2.24) is 0 Å². The third-order valence-electron chi connectivity index (χ3n) is 0.706. The molecule has 0 fully saturated rings. The van der Waals surface area contributed by atoms with Crippen LogP contribution < -0.4 is 0 Å². The molecule has 1 nitrogen and oxygen atoms in total. The van der Waals surface area contributed by atoms with Crippen LogP contribution in [0.3, 0.4) is 0 Å². The first kappa shape index (κ1) is 10.9. The quantitative estimate of drug-likeness (QED) is 0.516. The third-order valence-corrected chi connectivity index (χ3v) is 0.706. The second-order valence-electron chi connectivity index (χ2n) is 1.64. The average Bonchev–Trinajstić information content (AvgIpc) is 1.35. The predicted molar refractivity (Wildman–Crippen MR) is 33.7 cm³/mol. The summed E-state index contributed by atoms with van der Waals surface area (Å²) in [6.07, 6.45) is 1.91. The summed E-state index contributed by atoms with van der Waals surface area (Å²) < 4.78 is 0. The Kier molecular flexibility index (Phi) is 10.8. The van der Waals surface area contributed by atoms with Crippen molar-refractivity contribution < 1.29 is 5.11 Å². The van der Waals surface area contributed by atoms with Crippen LogP contribution in [0.25, 0.3) is 0 Å². The zero-order chi connectivity index (χ0) is 4.99. The third kappa shape index (κ3) is 10.9. The van der Waals surface area contributed by atoms with Gasteiger partial charge in [0.05, 0.1) is 6.10 Å². The van der Waals surface area contributed by atoms with Crippen LogP contribution in [0.1, 0.15) is 26.7 Å². The molecule has 0 aliphatic rings. The molecule has 2 heteroatoms. The van der Waals surface area contributed by atoms with E-state index in [1.54, 1.807) is 0 Å². The molecule has 0 radical (unpaired) electrons. The standard InChI is InChI=1S/C5H12O.Na.H/c1-3-4-5(2)6;;/h5-6H,3-4H2,1-2H3;;/t5-;;/m0../s1. The first-order chi connectivity index (χ1) is 2.77. The molecule has 1 N–H and O–H groups in total. The van der Waals surface area contributed by atoms with Crippen molar-refractivity contribution in [3.63, 3.8) is 0 Å². The van der Waals surface area contributed by atoms with Gasteiger partial charge in [-0.2, -0.15) is 0 Å². The fraction of sp³-hybridized carbons (Fsp3) is 1.00. The van der Waals surface area contributed by atoms with Crippen LogP contribution >= 0.6 is 0 Å². The predicted octanol–water partition coefficient (Wildman–Crippen LogP) is 0.519. The summed E-state index contributed by atoms with van der Waals surface area (Å²) in [6, 6.07) is 0. The van der Waals surface area contributed by atoms with Crippen LogP contribution in [0.15, 0.2) is 0 Å². The summed E-state index contributed by atoms with van der Waals surface area (Å²) in [7, 11) is 0. The number of aliphatic hydroxyl groups is 1. The fourth-order valence-electron chi connectivity index (χ4n) is 0.418. The zero-order valence-corrected chi connectivity index (χ0v) is 4.44. The topological polar surface area (TPSA) is 20.2 Å². The summed E-state index contributed by atoms with van der Waals surface area (Å²) in [5.41, 5.74) is 0. The average molecular weight is 112 g/mol. The molecule has 0 aromatic carbocycles. The zero-order valence-electron chi connectivity index (χ0n) is 4.44. The van der Waals surface area contributed by atoms with Crippen molar-refractivity contribution in [2.45, 2.75) is 32.8 Å². The van der Waals surface area contributed by atoms with Gasteiger partial charge in [0.1, 0.15) is 0 Å². The monoisotopic (exact) mass is 112 g/mol. The Labute approximate surface area is 67.4 Å². The Morgan fingerprint density at radius 2 is 2.00 bits per heavy atom. The summed E-state index contributed by atoms with van der Waals surface area (Å²) >= 11 is 0. The summed E-state index contributed by atoms with van der Waals surface area (Å²) in [5, 5.41) is 8.55. The SMILES string of the molecule is CCC[C@H](C)O.[NaH]. The minimum atomic E-state index is -0.102. The van der Waals surface area contributed by atoms with Crippen molar-refractivity contribution in [2.75, 3.05) is 0 Å². The van der Waals surface area contributed by atoms with Crippen LogP contribution in [-0.2, 0) is 0 Å². The Bertz CT molecular complexity index is 29.3. The van der Waals surface area contributed by atoms with Gasteiger partial charge in [0.15, 0.2) is 0 Å². The molecule has 0 saturated heterocycles. The number of rotatable bonds is 2. The van der Waals surface area contributed by atoms with Crippen LogP contribution in [-0.4, -0.2) is 40.8 Å².